The van der Waals surface area contributed by atoms with Crippen LogP contribution >= 0.6 is 0 Å². The van der Waals surface area contributed by atoms with Crippen molar-refractivity contribution in [1.82, 2.24) is 10.2 Å². The van der Waals surface area contributed by atoms with Crippen molar-refractivity contribution in [3.05, 3.63) is 76.1 Å². The lowest BCUT2D eigenvalue weighted by Gasteiger charge is -2.23. The third kappa shape index (κ3) is 5.97. The fourth-order valence-corrected chi connectivity index (χ4v) is 4.44. The molecule has 7 heteroatoms. The molecule has 3 aromatic rings. The molecule has 0 radical (unpaired) electrons. The van der Waals surface area contributed by atoms with Crippen LogP contribution < -0.4 is 15.5 Å². The first-order chi connectivity index (χ1) is 16.7. The number of fused-ring (bicyclic) bond motifs is 1. The highest BCUT2D eigenvalue weighted by Crippen LogP contribution is 2.27. The average Bonchev–Trinajstić information content (AvgIpc) is 2.88. The molecule has 2 N–H and O–H groups in total. The van der Waals surface area contributed by atoms with Gasteiger partial charge < -0.3 is 24.5 Å². The molecule has 2 amide bonds. The predicted molar refractivity (Wildman–Crippen MR) is 131 cm³/mol. The molecule has 0 bridgehead atoms. The number of nitrogens with zero attached hydrogens (tertiary/aromatic N) is 1. The van der Waals surface area contributed by atoms with Gasteiger partial charge in [-0.15, -0.1) is 0 Å². The zero-order valence-corrected chi connectivity index (χ0v) is 19.4. The number of urea groups is 1. The maximum atomic E-state index is 13.4. The number of ether oxygens (including phenoxy) is 1. The minimum absolute atomic E-state index is 0.0242. The standard InChI is InChI=1S/C27H32N2O5/c30-15-14-29(27(32)28-16-20-8-3-1-4-9-20)17-22-19-34-24-13-7-12-23(25(24)26(22)31)33-18-21-10-5-2-6-11-21/h1,3-4,7-9,12-13,19,21,30H,2,5-6,10-11,14-18H2,(H,28,32). The highest BCUT2D eigenvalue weighted by Gasteiger charge is 2.19. The Kier molecular flexibility index (Phi) is 8.20. The van der Waals surface area contributed by atoms with Crippen LogP contribution in [0, 0.1) is 5.92 Å². The van der Waals surface area contributed by atoms with Gasteiger partial charge >= 0.3 is 6.03 Å². The van der Waals surface area contributed by atoms with Crippen molar-refractivity contribution in [1.29, 1.82) is 0 Å². The number of rotatable bonds is 9. The Hall–Kier alpha value is -3.32. The van der Waals surface area contributed by atoms with E-state index >= 15 is 0 Å². The maximum absolute atomic E-state index is 13.4. The SMILES string of the molecule is O=C(NCc1ccccc1)N(CCO)Cc1coc2cccc(OCC3CCCCC3)c2c1=O. The maximum Gasteiger partial charge on any atom is 0.318 e. The second-order valence-corrected chi connectivity index (χ2v) is 8.82. The molecule has 0 aliphatic heterocycles. The Bertz CT molecular complexity index is 1140. The Morgan fingerprint density at radius 3 is 2.65 bits per heavy atom. The number of hydrogen-bond donors (Lipinski definition) is 2. The number of aliphatic hydroxyl groups is 1. The van der Waals surface area contributed by atoms with E-state index in [1.54, 1.807) is 12.1 Å². The number of carbonyl (C=O) groups is 1. The van der Waals surface area contributed by atoms with Gasteiger partial charge in [0.2, 0.25) is 5.43 Å². The van der Waals surface area contributed by atoms with Gasteiger partial charge in [0, 0.05) is 13.1 Å². The summed E-state index contributed by atoms with van der Waals surface area (Å²) in [5.74, 6) is 1.02. The first-order valence-corrected chi connectivity index (χ1v) is 12.0. The zero-order valence-electron chi connectivity index (χ0n) is 19.4. The molecule has 1 aliphatic rings. The Morgan fingerprint density at radius 1 is 1.09 bits per heavy atom. The average molecular weight is 465 g/mol. The minimum atomic E-state index is -0.362. The van der Waals surface area contributed by atoms with E-state index < -0.39 is 0 Å². The highest BCUT2D eigenvalue weighted by molar-refractivity contribution is 5.83. The molecular formula is C27H32N2O5. The number of nitrogens with one attached hydrogen (secondary N) is 1. The molecule has 180 valence electrons. The molecule has 1 saturated carbocycles. The van der Waals surface area contributed by atoms with Crippen molar-refractivity contribution in [3.8, 4) is 5.75 Å². The van der Waals surface area contributed by atoms with Gasteiger partial charge in [0.1, 0.15) is 16.7 Å². The summed E-state index contributed by atoms with van der Waals surface area (Å²) >= 11 is 0. The molecule has 1 aromatic heterocycles. The Labute approximate surface area is 199 Å². The van der Waals surface area contributed by atoms with Crippen LogP contribution in [0.1, 0.15) is 43.2 Å². The van der Waals surface area contributed by atoms with Gasteiger partial charge in [-0.1, -0.05) is 55.7 Å². The topological polar surface area (TPSA) is 92.0 Å². The van der Waals surface area contributed by atoms with Gasteiger partial charge in [-0.3, -0.25) is 4.79 Å². The molecule has 0 saturated heterocycles. The molecule has 34 heavy (non-hydrogen) atoms. The van der Waals surface area contributed by atoms with Crippen molar-refractivity contribution in [3.63, 3.8) is 0 Å². The van der Waals surface area contributed by atoms with E-state index in [4.69, 9.17) is 9.15 Å². The van der Waals surface area contributed by atoms with Crippen LogP contribution in [0.25, 0.3) is 11.0 Å². The van der Waals surface area contributed by atoms with E-state index in [2.05, 4.69) is 5.32 Å². The summed E-state index contributed by atoms with van der Waals surface area (Å²) in [5.41, 5.74) is 1.53. The number of carbonyl (C=O) groups excluding carboxylic acids is 1. The second-order valence-electron chi connectivity index (χ2n) is 8.82. The summed E-state index contributed by atoms with van der Waals surface area (Å²) in [7, 11) is 0. The van der Waals surface area contributed by atoms with Crippen LogP contribution in [0.5, 0.6) is 5.75 Å². The fraction of sp³-hybridized carbons (Fsp3) is 0.407. The quantitative estimate of drug-likeness (QED) is 0.488. The lowest BCUT2D eigenvalue weighted by molar-refractivity contribution is 0.173. The molecule has 0 atom stereocenters. The smallest absolute Gasteiger partial charge is 0.318 e. The molecule has 0 unspecified atom stereocenters. The summed E-state index contributed by atoms with van der Waals surface area (Å²) < 4.78 is 11.8. The van der Waals surface area contributed by atoms with Gasteiger partial charge in [0.05, 0.1) is 31.6 Å². The molecular weight excluding hydrogens is 432 g/mol. The van der Waals surface area contributed by atoms with E-state index in [0.717, 1.165) is 18.4 Å². The molecule has 1 heterocycles. The number of aliphatic hydroxyl groups excluding tert-OH is 1. The van der Waals surface area contributed by atoms with Crippen LogP contribution in [0.3, 0.4) is 0 Å². The fourth-order valence-electron chi connectivity index (χ4n) is 4.44. The van der Waals surface area contributed by atoms with E-state index in [1.165, 1.54) is 30.4 Å². The molecule has 4 rings (SSSR count). The van der Waals surface area contributed by atoms with Crippen molar-refractivity contribution < 1.29 is 19.1 Å². The summed E-state index contributed by atoms with van der Waals surface area (Å²) in [4.78, 5) is 27.6. The van der Waals surface area contributed by atoms with Crippen molar-refractivity contribution in [2.24, 2.45) is 5.92 Å². The van der Waals surface area contributed by atoms with Crippen molar-refractivity contribution in [2.45, 2.75) is 45.2 Å². The van der Waals surface area contributed by atoms with Crippen molar-refractivity contribution >= 4 is 17.0 Å². The van der Waals surface area contributed by atoms with Crippen LogP contribution in [0.4, 0.5) is 4.79 Å². The Morgan fingerprint density at radius 2 is 1.88 bits per heavy atom. The summed E-state index contributed by atoms with van der Waals surface area (Å²) in [5, 5.41) is 12.7. The van der Waals surface area contributed by atoms with Gasteiger partial charge in [-0.25, -0.2) is 4.79 Å². The third-order valence-electron chi connectivity index (χ3n) is 6.34. The van der Waals surface area contributed by atoms with E-state index in [9.17, 15) is 14.7 Å². The number of benzene rings is 2. The van der Waals surface area contributed by atoms with Crippen molar-refractivity contribution in [2.75, 3.05) is 19.8 Å². The highest BCUT2D eigenvalue weighted by atomic mass is 16.5. The first kappa shape index (κ1) is 23.8. The van der Waals surface area contributed by atoms with Gasteiger partial charge in [0.25, 0.3) is 0 Å². The summed E-state index contributed by atoms with van der Waals surface area (Å²) in [6.07, 6.45) is 7.43. The monoisotopic (exact) mass is 464 g/mol. The zero-order chi connectivity index (χ0) is 23.8. The van der Waals surface area contributed by atoms with E-state index in [-0.39, 0.29) is 31.2 Å². The number of hydrogen-bond acceptors (Lipinski definition) is 5. The summed E-state index contributed by atoms with van der Waals surface area (Å²) in [6, 6.07) is 14.6. The van der Waals surface area contributed by atoms with Crippen LogP contribution in [0.2, 0.25) is 0 Å². The lowest BCUT2D eigenvalue weighted by atomic mass is 9.90. The second kappa shape index (κ2) is 11.7. The largest absolute Gasteiger partial charge is 0.492 e. The molecule has 1 fully saturated rings. The third-order valence-corrected chi connectivity index (χ3v) is 6.34. The van der Waals surface area contributed by atoms with E-state index in [1.807, 2.05) is 36.4 Å². The van der Waals surface area contributed by atoms with Gasteiger partial charge in [0.15, 0.2) is 0 Å². The normalized spacial score (nSPS) is 14.1. The molecule has 1 aliphatic carbocycles. The summed E-state index contributed by atoms with van der Waals surface area (Å²) in [6.45, 7) is 0.843. The molecule has 7 nitrogen and oxygen atoms in total. The number of amides is 2. The predicted octanol–water partition coefficient (Wildman–Crippen LogP) is 4.46. The van der Waals surface area contributed by atoms with Crippen LogP contribution in [-0.2, 0) is 13.1 Å². The lowest BCUT2D eigenvalue weighted by Crippen LogP contribution is -2.41. The van der Waals surface area contributed by atoms with Crippen LogP contribution in [-0.4, -0.2) is 35.8 Å². The molecule has 0 spiro atoms. The minimum Gasteiger partial charge on any atom is -0.492 e. The molecule has 2 aromatic carbocycles. The van der Waals surface area contributed by atoms with Crippen LogP contribution in [0.15, 0.2) is 64.0 Å². The van der Waals surface area contributed by atoms with Gasteiger partial charge in [-0.05, 0) is 36.5 Å². The Balaban J connectivity index is 1.50. The van der Waals surface area contributed by atoms with Gasteiger partial charge in [-0.2, -0.15) is 0 Å². The van der Waals surface area contributed by atoms with E-state index in [0.29, 0.717) is 41.4 Å². The first-order valence-electron chi connectivity index (χ1n) is 12.0.